The normalized spacial score (nSPS) is 17.3. The van der Waals surface area contributed by atoms with Crippen LogP contribution in [-0.2, 0) is 22.3 Å². The number of furan rings is 1. The maximum Gasteiger partial charge on any atom is 0.416 e. The van der Waals surface area contributed by atoms with Crippen molar-refractivity contribution in [3.8, 4) is 6.07 Å². The van der Waals surface area contributed by atoms with Gasteiger partial charge in [0.1, 0.15) is 10.8 Å². The lowest BCUT2D eigenvalue weighted by molar-refractivity contribution is -0.137. The van der Waals surface area contributed by atoms with Crippen molar-refractivity contribution < 1.29 is 27.2 Å². The standard InChI is InChI=1S/C28H23F3N4O3S/c1-17-24(26(37)35-20-10-5-9-19(13-20)28(29,30)31)25(22-11-6-12-38-22)21(14-32)27(34-17)39-16-23(36)33-15-18-7-3-2-4-8-18/h2-13,24-25H,15-16H2,1H3,(H,33,36)(H,35,37)/t24?,25-/m1/s1. The highest BCUT2D eigenvalue weighted by molar-refractivity contribution is 8.03. The number of nitrogens with zero attached hydrogens (tertiary/aromatic N) is 2. The minimum Gasteiger partial charge on any atom is -0.469 e. The Kier molecular flexibility index (Phi) is 8.56. The van der Waals surface area contributed by atoms with E-state index in [4.69, 9.17) is 4.42 Å². The molecule has 1 unspecified atom stereocenters. The second-order valence-electron chi connectivity index (χ2n) is 8.67. The Morgan fingerprint density at radius 3 is 2.54 bits per heavy atom. The molecule has 4 rings (SSSR count). The van der Waals surface area contributed by atoms with Crippen molar-refractivity contribution in [1.29, 1.82) is 5.26 Å². The zero-order valence-electron chi connectivity index (χ0n) is 20.7. The lowest BCUT2D eigenvalue weighted by Crippen LogP contribution is -2.36. The summed E-state index contributed by atoms with van der Waals surface area (Å²) in [6.45, 7) is 1.94. The summed E-state index contributed by atoms with van der Waals surface area (Å²) in [7, 11) is 0. The van der Waals surface area contributed by atoms with Crippen LogP contribution in [0.4, 0.5) is 18.9 Å². The van der Waals surface area contributed by atoms with Gasteiger partial charge in [0.2, 0.25) is 11.8 Å². The van der Waals surface area contributed by atoms with Gasteiger partial charge in [-0.05, 0) is 42.8 Å². The first-order chi connectivity index (χ1) is 18.7. The predicted molar refractivity (Wildman–Crippen MR) is 142 cm³/mol. The summed E-state index contributed by atoms with van der Waals surface area (Å²) in [5, 5.41) is 15.7. The highest BCUT2D eigenvalue weighted by atomic mass is 32.2. The fraction of sp³-hybridized carbons (Fsp3) is 0.214. The van der Waals surface area contributed by atoms with Crippen molar-refractivity contribution in [2.24, 2.45) is 10.9 Å². The molecular formula is C28H23F3N4O3S. The third-order valence-corrected chi connectivity index (χ3v) is 6.98. The minimum atomic E-state index is -4.57. The lowest BCUT2D eigenvalue weighted by atomic mass is 9.79. The van der Waals surface area contributed by atoms with E-state index in [0.717, 1.165) is 29.5 Å². The molecule has 7 nitrogen and oxygen atoms in total. The number of hydrogen-bond acceptors (Lipinski definition) is 6. The van der Waals surface area contributed by atoms with E-state index in [1.54, 1.807) is 19.1 Å². The molecule has 200 valence electrons. The van der Waals surface area contributed by atoms with Crippen molar-refractivity contribution in [2.75, 3.05) is 11.1 Å². The van der Waals surface area contributed by atoms with Crippen molar-refractivity contribution in [1.82, 2.24) is 5.32 Å². The van der Waals surface area contributed by atoms with E-state index in [0.29, 0.717) is 18.0 Å². The molecule has 2 amide bonds. The van der Waals surface area contributed by atoms with Gasteiger partial charge in [-0.15, -0.1) is 0 Å². The maximum absolute atomic E-state index is 13.4. The molecule has 3 aromatic rings. The Bertz CT molecular complexity index is 1440. The molecule has 0 fully saturated rings. The first-order valence-electron chi connectivity index (χ1n) is 11.8. The molecule has 0 saturated heterocycles. The third kappa shape index (κ3) is 6.78. The number of allylic oxidation sites excluding steroid dienone is 1. The highest BCUT2D eigenvalue weighted by Crippen LogP contribution is 2.42. The third-order valence-electron chi connectivity index (χ3n) is 5.99. The molecule has 2 heterocycles. The molecule has 0 bridgehead atoms. The van der Waals surface area contributed by atoms with Gasteiger partial charge in [0.25, 0.3) is 0 Å². The molecule has 1 aliphatic heterocycles. The van der Waals surface area contributed by atoms with Crippen LogP contribution in [0.3, 0.4) is 0 Å². The minimum absolute atomic E-state index is 0.0178. The van der Waals surface area contributed by atoms with Crippen LogP contribution in [0.15, 0.2) is 93.0 Å². The van der Waals surface area contributed by atoms with Gasteiger partial charge in [-0.2, -0.15) is 18.4 Å². The Morgan fingerprint density at radius 2 is 1.87 bits per heavy atom. The number of halogens is 3. The maximum atomic E-state index is 13.4. The van der Waals surface area contributed by atoms with Crippen LogP contribution in [0.2, 0.25) is 0 Å². The number of carbonyl (C=O) groups excluding carboxylic acids is 2. The molecular weight excluding hydrogens is 529 g/mol. The molecule has 2 atom stereocenters. The second kappa shape index (κ2) is 12.0. The number of amides is 2. The topological polar surface area (TPSA) is 107 Å². The molecule has 0 radical (unpaired) electrons. The summed E-state index contributed by atoms with van der Waals surface area (Å²) >= 11 is 1.06. The number of alkyl halides is 3. The van der Waals surface area contributed by atoms with Crippen molar-refractivity contribution >= 4 is 35.0 Å². The molecule has 1 aromatic heterocycles. The number of rotatable bonds is 8. The second-order valence-corrected chi connectivity index (χ2v) is 9.64. The lowest BCUT2D eigenvalue weighted by Gasteiger charge is -2.29. The fourth-order valence-corrected chi connectivity index (χ4v) is 5.06. The average molecular weight is 553 g/mol. The summed E-state index contributed by atoms with van der Waals surface area (Å²) in [6, 6.07) is 19.0. The summed E-state index contributed by atoms with van der Waals surface area (Å²) in [5.74, 6) is -2.53. The monoisotopic (exact) mass is 552 g/mol. The van der Waals surface area contributed by atoms with Gasteiger partial charge < -0.3 is 15.1 Å². The summed E-state index contributed by atoms with van der Waals surface area (Å²) in [5.41, 5.74) is 0.441. The van der Waals surface area contributed by atoms with Crippen LogP contribution in [0.5, 0.6) is 0 Å². The van der Waals surface area contributed by atoms with E-state index in [-0.39, 0.29) is 27.9 Å². The summed E-state index contributed by atoms with van der Waals surface area (Å²) in [6.07, 6.45) is -3.17. The molecule has 0 spiro atoms. The molecule has 2 N–H and O–H groups in total. The molecule has 0 aliphatic carbocycles. The van der Waals surface area contributed by atoms with E-state index in [9.17, 15) is 28.0 Å². The largest absolute Gasteiger partial charge is 0.469 e. The van der Waals surface area contributed by atoms with Gasteiger partial charge in [0.05, 0.1) is 41.1 Å². The number of carbonyl (C=O) groups is 2. The number of aliphatic imine (C=N–C) groups is 1. The van der Waals surface area contributed by atoms with Crippen LogP contribution in [0, 0.1) is 17.2 Å². The Morgan fingerprint density at radius 1 is 1.10 bits per heavy atom. The Labute approximate surface area is 226 Å². The smallest absolute Gasteiger partial charge is 0.416 e. The predicted octanol–water partition coefficient (Wildman–Crippen LogP) is 5.90. The first kappa shape index (κ1) is 27.7. The van der Waals surface area contributed by atoms with Gasteiger partial charge in [-0.1, -0.05) is 48.2 Å². The SMILES string of the molecule is CC1=NC(SCC(=O)NCc2ccccc2)=C(C#N)[C@H](c2ccco2)C1C(=O)Nc1cccc(C(F)(F)F)c1. The van der Waals surface area contributed by atoms with E-state index in [1.165, 1.54) is 18.4 Å². The molecule has 11 heteroatoms. The summed E-state index contributed by atoms with van der Waals surface area (Å²) < 4.78 is 45.0. The van der Waals surface area contributed by atoms with E-state index in [1.807, 2.05) is 30.3 Å². The van der Waals surface area contributed by atoms with E-state index >= 15 is 0 Å². The van der Waals surface area contributed by atoms with E-state index in [2.05, 4.69) is 21.7 Å². The Balaban J connectivity index is 1.55. The highest BCUT2D eigenvalue weighted by Gasteiger charge is 2.41. The van der Waals surface area contributed by atoms with Crippen LogP contribution < -0.4 is 10.6 Å². The molecule has 39 heavy (non-hydrogen) atoms. The van der Waals surface area contributed by atoms with Gasteiger partial charge >= 0.3 is 6.18 Å². The molecule has 2 aromatic carbocycles. The zero-order valence-corrected chi connectivity index (χ0v) is 21.5. The zero-order chi connectivity index (χ0) is 28.0. The van der Waals surface area contributed by atoms with Gasteiger partial charge in [-0.3, -0.25) is 9.59 Å². The molecule has 1 aliphatic rings. The Hall–Kier alpha value is -4.30. The number of nitriles is 1. The van der Waals surface area contributed by atoms with Crippen molar-refractivity contribution in [2.45, 2.75) is 25.6 Å². The van der Waals surface area contributed by atoms with Crippen LogP contribution in [0.25, 0.3) is 0 Å². The average Bonchev–Trinajstić information content (AvgIpc) is 3.45. The number of benzene rings is 2. The fourth-order valence-electron chi connectivity index (χ4n) is 4.15. The van der Waals surface area contributed by atoms with Crippen molar-refractivity contribution in [3.63, 3.8) is 0 Å². The molecule has 0 saturated carbocycles. The van der Waals surface area contributed by atoms with Crippen LogP contribution >= 0.6 is 11.8 Å². The van der Waals surface area contributed by atoms with Crippen LogP contribution in [-0.4, -0.2) is 23.3 Å². The number of thioether (sulfide) groups is 1. The van der Waals surface area contributed by atoms with Gasteiger partial charge in [-0.25, -0.2) is 4.99 Å². The first-order valence-corrected chi connectivity index (χ1v) is 12.8. The number of hydrogen-bond donors (Lipinski definition) is 2. The number of anilines is 1. The number of nitrogens with one attached hydrogen (secondary N) is 2. The van der Waals surface area contributed by atoms with Gasteiger partial charge in [0.15, 0.2) is 0 Å². The summed E-state index contributed by atoms with van der Waals surface area (Å²) in [4.78, 5) is 30.3. The quantitative estimate of drug-likeness (QED) is 0.362. The van der Waals surface area contributed by atoms with Crippen molar-refractivity contribution in [3.05, 3.63) is 100 Å². The van der Waals surface area contributed by atoms with E-state index < -0.39 is 29.5 Å². The van der Waals surface area contributed by atoms with Crippen LogP contribution in [0.1, 0.15) is 29.7 Å². The van der Waals surface area contributed by atoms with Gasteiger partial charge in [0, 0.05) is 17.9 Å².